The Hall–Kier alpha value is -3.45. The van der Waals surface area contributed by atoms with Crippen LogP contribution in [-0.4, -0.2) is 38.4 Å². The summed E-state index contributed by atoms with van der Waals surface area (Å²) in [6.07, 6.45) is 2.12. The molecular formula is C24H22N4O2S. The summed E-state index contributed by atoms with van der Waals surface area (Å²) in [7, 11) is 1.63. The fourth-order valence-electron chi connectivity index (χ4n) is 3.14. The van der Waals surface area contributed by atoms with Crippen molar-refractivity contribution < 1.29 is 9.53 Å². The molecule has 0 unspecified atom stereocenters. The number of thioether (sulfide) groups is 1. The highest BCUT2D eigenvalue weighted by Crippen LogP contribution is 2.28. The Morgan fingerprint density at radius 2 is 1.87 bits per heavy atom. The summed E-state index contributed by atoms with van der Waals surface area (Å²) in [6, 6.07) is 21.3. The van der Waals surface area contributed by atoms with Crippen LogP contribution in [0.4, 0.5) is 0 Å². The molecule has 0 spiro atoms. The number of aryl methyl sites for hydroxylation is 1. The molecule has 6 nitrogen and oxygen atoms in total. The van der Waals surface area contributed by atoms with Crippen LogP contribution < -0.4 is 4.74 Å². The number of hydrogen-bond acceptors (Lipinski definition) is 6. The summed E-state index contributed by atoms with van der Waals surface area (Å²) in [5.41, 5.74) is 3.74. The van der Waals surface area contributed by atoms with Gasteiger partial charge in [0.2, 0.25) is 0 Å². The molecular weight excluding hydrogens is 408 g/mol. The molecule has 0 saturated heterocycles. The van der Waals surface area contributed by atoms with Gasteiger partial charge in [0.25, 0.3) is 0 Å². The van der Waals surface area contributed by atoms with Crippen LogP contribution in [0.5, 0.6) is 5.75 Å². The van der Waals surface area contributed by atoms with Crippen LogP contribution in [0.25, 0.3) is 17.2 Å². The van der Waals surface area contributed by atoms with E-state index in [1.807, 2.05) is 78.2 Å². The van der Waals surface area contributed by atoms with Crippen molar-refractivity contribution in [1.29, 1.82) is 0 Å². The number of hydrogen-bond donors (Lipinski definition) is 0. The van der Waals surface area contributed by atoms with Crippen LogP contribution in [0.15, 0.2) is 78.1 Å². The average Bonchev–Trinajstić information content (AvgIpc) is 3.24. The Morgan fingerprint density at radius 1 is 1.03 bits per heavy atom. The molecule has 2 aromatic carbocycles. The Balaban J connectivity index is 1.60. The van der Waals surface area contributed by atoms with Gasteiger partial charge >= 0.3 is 0 Å². The lowest BCUT2D eigenvalue weighted by Gasteiger charge is -2.11. The van der Waals surface area contributed by atoms with Gasteiger partial charge in [0.1, 0.15) is 17.2 Å². The summed E-state index contributed by atoms with van der Waals surface area (Å²) < 4.78 is 7.29. The van der Waals surface area contributed by atoms with Gasteiger partial charge in [-0.1, -0.05) is 53.7 Å². The van der Waals surface area contributed by atoms with Crippen LogP contribution in [0.1, 0.15) is 11.1 Å². The molecule has 0 N–H and O–H groups in total. The number of carbonyl (C=O) groups is 1. The van der Waals surface area contributed by atoms with Gasteiger partial charge in [0.15, 0.2) is 11.0 Å². The summed E-state index contributed by atoms with van der Waals surface area (Å²) in [4.78, 5) is 17.0. The highest BCUT2D eigenvalue weighted by molar-refractivity contribution is 7.99. The molecule has 0 atom stereocenters. The molecule has 156 valence electrons. The molecule has 0 radical (unpaired) electrons. The standard InChI is InChI=1S/C24H22N4O2S/c1-17-9-11-18(12-10-17)14-20(29)16-31-24-27-26-23(22-8-3-4-13-25-22)28(24)19-6-5-7-21(15-19)30-2/h3-13,15H,14,16H2,1-2H3. The molecule has 4 rings (SSSR count). The Labute approximate surface area is 185 Å². The number of benzene rings is 2. The number of rotatable bonds is 8. The van der Waals surface area contributed by atoms with E-state index in [4.69, 9.17) is 4.74 Å². The maximum Gasteiger partial charge on any atom is 0.196 e. The molecule has 4 aromatic rings. The quantitative estimate of drug-likeness (QED) is 0.382. The van der Waals surface area contributed by atoms with Crippen LogP contribution in [0.2, 0.25) is 0 Å². The van der Waals surface area contributed by atoms with Gasteiger partial charge < -0.3 is 4.74 Å². The maximum atomic E-state index is 12.6. The van der Waals surface area contributed by atoms with Crippen molar-refractivity contribution in [3.8, 4) is 23.0 Å². The van der Waals surface area contributed by atoms with Gasteiger partial charge in [-0.25, -0.2) is 0 Å². The van der Waals surface area contributed by atoms with E-state index in [0.717, 1.165) is 17.0 Å². The van der Waals surface area contributed by atoms with Gasteiger partial charge in [-0.3, -0.25) is 14.3 Å². The molecule has 0 amide bonds. The normalized spacial score (nSPS) is 10.8. The van der Waals surface area contributed by atoms with E-state index in [1.54, 1.807) is 13.3 Å². The van der Waals surface area contributed by atoms with E-state index in [1.165, 1.54) is 17.3 Å². The van der Waals surface area contributed by atoms with E-state index >= 15 is 0 Å². The second-order valence-electron chi connectivity index (χ2n) is 7.05. The molecule has 0 fully saturated rings. The number of Topliss-reactive ketones (excluding diaryl/α,β-unsaturated/α-hetero) is 1. The first-order valence-corrected chi connectivity index (χ1v) is 10.8. The topological polar surface area (TPSA) is 69.9 Å². The van der Waals surface area contributed by atoms with E-state index < -0.39 is 0 Å². The van der Waals surface area contributed by atoms with Gasteiger partial charge in [0.05, 0.1) is 18.6 Å². The van der Waals surface area contributed by atoms with Crippen molar-refractivity contribution in [2.45, 2.75) is 18.5 Å². The molecule has 2 aromatic heterocycles. The summed E-state index contributed by atoms with van der Waals surface area (Å²) in [5.74, 6) is 1.78. The molecule has 0 aliphatic heterocycles. The van der Waals surface area contributed by atoms with Gasteiger partial charge in [-0.2, -0.15) is 0 Å². The number of ketones is 1. The lowest BCUT2D eigenvalue weighted by molar-refractivity contribution is -0.116. The zero-order valence-corrected chi connectivity index (χ0v) is 18.2. The number of methoxy groups -OCH3 is 1. The number of pyridine rings is 1. The maximum absolute atomic E-state index is 12.6. The minimum absolute atomic E-state index is 0.133. The van der Waals surface area contributed by atoms with Gasteiger partial charge in [-0.05, 0) is 36.8 Å². The fourth-order valence-corrected chi connectivity index (χ4v) is 3.95. The van der Waals surface area contributed by atoms with Crippen molar-refractivity contribution in [3.05, 3.63) is 84.1 Å². The van der Waals surface area contributed by atoms with Gasteiger partial charge in [0, 0.05) is 18.7 Å². The highest BCUT2D eigenvalue weighted by atomic mass is 32.2. The predicted octanol–water partition coefficient (Wildman–Crippen LogP) is 4.55. The molecule has 0 aliphatic rings. The third kappa shape index (κ3) is 5.00. The monoisotopic (exact) mass is 430 g/mol. The van der Waals surface area contributed by atoms with Crippen LogP contribution in [0, 0.1) is 6.92 Å². The first kappa shape index (κ1) is 20.8. The van der Waals surface area contributed by atoms with Crippen molar-refractivity contribution in [1.82, 2.24) is 19.7 Å². The Kier molecular flexibility index (Phi) is 6.43. The molecule has 0 saturated carbocycles. The van der Waals surface area contributed by atoms with Crippen molar-refractivity contribution >= 4 is 17.5 Å². The van der Waals surface area contributed by atoms with Crippen LogP contribution in [0.3, 0.4) is 0 Å². The molecule has 0 bridgehead atoms. The van der Waals surface area contributed by atoms with Crippen LogP contribution >= 0.6 is 11.8 Å². The first-order chi connectivity index (χ1) is 15.1. The molecule has 0 aliphatic carbocycles. The van der Waals surface area contributed by atoms with E-state index in [-0.39, 0.29) is 5.78 Å². The lowest BCUT2D eigenvalue weighted by atomic mass is 10.1. The largest absolute Gasteiger partial charge is 0.497 e. The van der Waals surface area contributed by atoms with Gasteiger partial charge in [-0.15, -0.1) is 10.2 Å². The number of aromatic nitrogens is 4. The third-order valence-electron chi connectivity index (χ3n) is 4.72. The molecule has 7 heteroatoms. The highest BCUT2D eigenvalue weighted by Gasteiger charge is 2.18. The zero-order chi connectivity index (χ0) is 21.6. The van der Waals surface area contributed by atoms with E-state index in [0.29, 0.717) is 28.8 Å². The summed E-state index contributed by atoms with van der Waals surface area (Å²) in [5, 5.41) is 9.36. The van der Waals surface area contributed by atoms with Crippen molar-refractivity contribution in [2.24, 2.45) is 0 Å². The second kappa shape index (κ2) is 9.57. The van der Waals surface area contributed by atoms with Crippen molar-refractivity contribution in [2.75, 3.05) is 12.9 Å². The fraction of sp³-hybridized carbons (Fsp3) is 0.167. The van der Waals surface area contributed by atoms with E-state index in [9.17, 15) is 4.79 Å². The average molecular weight is 431 g/mol. The summed E-state index contributed by atoms with van der Waals surface area (Å²) >= 11 is 1.37. The smallest absolute Gasteiger partial charge is 0.196 e. The molecule has 31 heavy (non-hydrogen) atoms. The minimum Gasteiger partial charge on any atom is -0.497 e. The Bertz CT molecular complexity index is 1170. The SMILES string of the molecule is COc1cccc(-n2c(SCC(=O)Cc3ccc(C)cc3)nnc2-c2ccccn2)c1. The minimum atomic E-state index is 0.133. The third-order valence-corrected chi connectivity index (χ3v) is 5.71. The first-order valence-electron chi connectivity index (χ1n) is 9.85. The number of carbonyl (C=O) groups excluding carboxylic acids is 1. The predicted molar refractivity (Wildman–Crippen MR) is 122 cm³/mol. The number of ether oxygens (including phenoxy) is 1. The second-order valence-corrected chi connectivity index (χ2v) is 7.99. The lowest BCUT2D eigenvalue weighted by Crippen LogP contribution is -2.07. The van der Waals surface area contributed by atoms with E-state index in [2.05, 4.69) is 15.2 Å². The number of nitrogens with zero attached hydrogens (tertiary/aromatic N) is 4. The van der Waals surface area contributed by atoms with Crippen LogP contribution in [-0.2, 0) is 11.2 Å². The Morgan fingerprint density at radius 3 is 2.61 bits per heavy atom. The summed E-state index contributed by atoms with van der Waals surface area (Å²) in [6.45, 7) is 2.03. The van der Waals surface area contributed by atoms with Crippen molar-refractivity contribution in [3.63, 3.8) is 0 Å². The zero-order valence-electron chi connectivity index (χ0n) is 17.4. The molecule has 2 heterocycles.